The molecular weight excluding hydrogens is 308 g/mol. The summed E-state index contributed by atoms with van der Waals surface area (Å²) < 4.78 is 0. The number of hydrogen-bond acceptors (Lipinski definition) is 3. The molecule has 24 heavy (non-hydrogen) atoms. The van der Waals surface area contributed by atoms with Crippen molar-refractivity contribution >= 4 is 17.8 Å². The number of amides is 4. The van der Waals surface area contributed by atoms with Crippen LogP contribution in [-0.2, 0) is 4.79 Å². The molecule has 0 bridgehead atoms. The number of hydrogen-bond donors (Lipinski definition) is 4. The lowest BCUT2D eigenvalue weighted by Gasteiger charge is -2.10. The van der Waals surface area contributed by atoms with Crippen LogP contribution in [0.2, 0.25) is 0 Å². The molecule has 4 amide bonds. The summed E-state index contributed by atoms with van der Waals surface area (Å²) in [6.07, 6.45) is 0. The fourth-order valence-corrected chi connectivity index (χ4v) is 1.76. The Hall–Kier alpha value is -2.57. The van der Waals surface area contributed by atoms with E-state index >= 15 is 0 Å². The van der Waals surface area contributed by atoms with Gasteiger partial charge in [-0.2, -0.15) is 0 Å². The van der Waals surface area contributed by atoms with E-state index < -0.39 is 6.03 Å². The van der Waals surface area contributed by atoms with Crippen LogP contribution in [-0.4, -0.2) is 44.0 Å². The Labute approximate surface area is 142 Å². The lowest BCUT2D eigenvalue weighted by Crippen LogP contribution is -2.44. The molecule has 0 fully saturated rings. The average Bonchev–Trinajstić information content (AvgIpc) is 2.55. The van der Waals surface area contributed by atoms with Crippen molar-refractivity contribution < 1.29 is 14.4 Å². The molecule has 0 atom stereocenters. The minimum atomic E-state index is -0.445. The predicted molar refractivity (Wildman–Crippen MR) is 92.8 cm³/mol. The van der Waals surface area contributed by atoms with Crippen molar-refractivity contribution in [3.8, 4) is 0 Å². The molecule has 4 N–H and O–H groups in total. The number of carbonyl (C=O) groups is 3. The van der Waals surface area contributed by atoms with Crippen molar-refractivity contribution in [1.82, 2.24) is 21.3 Å². The van der Waals surface area contributed by atoms with Gasteiger partial charge in [0, 0.05) is 25.2 Å². The first-order chi connectivity index (χ1) is 11.4. The highest BCUT2D eigenvalue weighted by atomic mass is 16.2. The molecule has 0 aliphatic rings. The lowest BCUT2D eigenvalue weighted by molar-refractivity contribution is -0.120. The van der Waals surface area contributed by atoms with E-state index in [0.29, 0.717) is 24.6 Å². The Kier molecular flexibility index (Phi) is 8.32. The predicted octanol–water partition coefficient (Wildman–Crippen LogP) is 0.796. The summed E-state index contributed by atoms with van der Waals surface area (Å²) in [6.45, 7) is 7.02. The molecule has 1 aromatic carbocycles. The van der Waals surface area contributed by atoms with Crippen molar-refractivity contribution in [3.63, 3.8) is 0 Å². The van der Waals surface area contributed by atoms with E-state index in [1.54, 1.807) is 12.1 Å². The van der Waals surface area contributed by atoms with E-state index in [-0.39, 0.29) is 24.9 Å². The molecular formula is C17H26N4O3. The van der Waals surface area contributed by atoms with Crippen molar-refractivity contribution in [2.24, 2.45) is 5.92 Å². The molecule has 0 radical (unpaired) electrons. The Morgan fingerprint density at radius 2 is 1.54 bits per heavy atom. The average molecular weight is 334 g/mol. The van der Waals surface area contributed by atoms with Crippen LogP contribution in [0, 0.1) is 12.8 Å². The van der Waals surface area contributed by atoms with Gasteiger partial charge in [0.25, 0.3) is 5.91 Å². The molecule has 0 unspecified atom stereocenters. The van der Waals surface area contributed by atoms with Gasteiger partial charge in [-0.1, -0.05) is 31.5 Å². The molecule has 0 aliphatic heterocycles. The van der Waals surface area contributed by atoms with Crippen LogP contribution < -0.4 is 21.3 Å². The molecule has 0 saturated carbocycles. The van der Waals surface area contributed by atoms with Crippen LogP contribution in [0.4, 0.5) is 4.79 Å². The van der Waals surface area contributed by atoms with Crippen molar-refractivity contribution in [1.29, 1.82) is 0 Å². The normalized spacial score (nSPS) is 10.2. The van der Waals surface area contributed by atoms with Gasteiger partial charge in [-0.15, -0.1) is 0 Å². The van der Waals surface area contributed by atoms with Gasteiger partial charge in [-0.25, -0.2) is 4.79 Å². The highest BCUT2D eigenvalue weighted by Crippen LogP contribution is 2.02. The molecule has 0 aliphatic carbocycles. The maximum atomic E-state index is 11.9. The maximum Gasteiger partial charge on any atom is 0.315 e. The summed E-state index contributed by atoms with van der Waals surface area (Å²) in [4.78, 5) is 34.8. The monoisotopic (exact) mass is 334 g/mol. The second-order valence-corrected chi connectivity index (χ2v) is 5.93. The molecule has 132 valence electrons. The topological polar surface area (TPSA) is 99.3 Å². The standard InChI is InChI=1S/C17H26N4O3/c1-12(2)10-20-15(22)11-21-17(24)19-9-8-18-16(23)14-6-4-13(3)5-7-14/h4-7,12H,8-11H2,1-3H3,(H,18,23)(H,20,22)(H2,19,21,24). The van der Waals surface area contributed by atoms with Crippen molar-refractivity contribution in [2.75, 3.05) is 26.2 Å². The van der Waals surface area contributed by atoms with E-state index in [0.717, 1.165) is 5.56 Å². The molecule has 1 rings (SSSR count). The summed E-state index contributed by atoms with van der Waals surface area (Å²) >= 11 is 0. The van der Waals surface area contributed by atoms with Gasteiger partial charge in [0.2, 0.25) is 5.91 Å². The number of benzene rings is 1. The van der Waals surface area contributed by atoms with E-state index in [9.17, 15) is 14.4 Å². The van der Waals surface area contributed by atoms with Gasteiger partial charge < -0.3 is 21.3 Å². The van der Waals surface area contributed by atoms with Gasteiger partial charge in [0.05, 0.1) is 6.54 Å². The molecule has 1 aromatic rings. The summed E-state index contributed by atoms with van der Waals surface area (Å²) in [5, 5.41) is 10.4. The first-order valence-corrected chi connectivity index (χ1v) is 8.01. The minimum Gasteiger partial charge on any atom is -0.354 e. The maximum absolute atomic E-state index is 11.9. The number of urea groups is 1. The third-order valence-electron chi connectivity index (χ3n) is 3.13. The lowest BCUT2D eigenvalue weighted by atomic mass is 10.1. The van der Waals surface area contributed by atoms with E-state index in [1.807, 2.05) is 32.9 Å². The van der Waals surface area contributed by atoms with Crippen LogP contribution in [0.1, 0.15) is 29.8 Å². The summed E-state index contributed by atoms with van der Waals surface area (Å²) in [5.74, 6) is -0.0586. The largest absolute Gasteiger partial charge is 0.354 e. The molecule has 0 spiro atoms. The van der Waals surface area contributed by atoms with Gasteiger partial charge >= 0.3 is 6.03 Å². The van der Waals surface area contributed by atoms with E-state index in [4.69, 9.17) is 0 Å². The van der Waals surface area contributed by atoms with E-state index in [1.165, 1.54) is 0 Å². The Morgan fingerprint density at radius 1 is 0.917 bits per heavy atom. The zero-order valence-corrected chi connectivity index (χ0v) is 14.4. The second kappa shape index (κ2) is 10.3. The van der Waals surface area contributed by atoms with Crippen molar-refractivity contribution in [2.45, 2.75) is 20.8 Å². The van der Waals surface area contributed by atoms with Crippen LogP contribution in [0.15, 0.2) is 24.3 Å². The number of nitrogens with one attached hydrogen (secondary N) is 4. The van der Waals surface area contributed by atoms with Gasteiger partial charge in [0.1, 0.15) is 0 Å². The van der Waals surface area contributed by atoms with Crippen LogP contribution in [0.5, 0.6) is 0 Å². The molecule has 0 aromatic heterocycles. The molecule has 7 heteroatoms. The molecule has 7 nitrogen and oxygen atoms in total. The Balaban J connectivity index is 2.14. The second-order valence-electron chi connectivity index (χ2n) is 5.93. The van der Waals surface area contributed by atoms with E-state index in [2.05, 4.69) is 21.3 Å². The SMILES string of the molecule is Cc1ccc(C(=O)NCCNC(=O)NCC(=O)NCC(C)C)cc1. The highest BCUT2D eigenvalue weighted by Gasteiger charge is 2.06. The first kappa shape index (κ1) is 19.5. The smallest absolute Gasteiger partial charge is 0.315 e. The Morgan fingerprint density at radius 3 is 2.17 bits per heavy atom. The summed E-state index contributed by atoms with van der Waals surface area (Å²) in [6, 6.07) is 6.79. The zero-order chi connectivity index (χ0) is 17.9. The fraction of sp³-hybridized carbons (Fsp3) is 0.471. The Bertz CT molecular complexity index is 555. The highest BCUT2D eigenvalue weighted by molar-refractivity contribution is 5.94. The number of aryl methyl sites for hydroxylation is 1. The quantitative estimate of drug-likeness (QED) is 0.529. The van der Waals surface area contributed by atoms with Crippen LogP contribution in [0.25, 0.3) is 0 Å². The number of carbonyl (C=O) groups excluding carboxylic acids is 3. The minimum absolute atomic E-state index is 0.0751. The van der Waals surface area contributed by atoms with Crippen LogP contribution >= 0.6 is 0 Å². The molecule has 0 saturated heterocycles. The zero-order valence-electron chi connectivity index (χ0n) is 14.4. The van der Waals surface area contributed by atoms with Gasteiger partial charge in [-0.3, -0.25) is 9.59 Å². The molecule has 0 heterocycles. The fourth-order valence-electron chi connectivity index (χ4n) is 1.76. The van der Waals surface area contributed by atoms with Gasteiger partial charge in [0.15, 0.2) is 0 Å². The number of rotatable bonds is 8. The summed E-state index contributed by atoms with van der Waals surface area (Å²) in [7, 11) is 0. The first-order valence-electron chi connectivity index (χ1n) is 8.01. The van der Waals surface area contributed by atoms with Crippen molar-refractivity contribution in [3.05, 3.63) is 35.4 Å². The van der Waals surface area contributed by atoms with Crippen LogP contribution in [0.3, 0.4) is 0 Å². The van der Waals surface area contributed by atoms with Gasteiger partial charge in [-0.05, 0) is 25.0 Å². The third kappa shape index (κ3) is 8.17. The summed E-state index contributed by atoms with van der Waals surface area (Å²) in [5.41, 5.74) is 1.66. The third-order valence-corrected chi connectivity index (χ3v) is 3.13.